The topological polar surface area (TPSA) is 84.1 Å². The van der Waals surface area contributed by atoms with Crippen molar-refractivity contribution in [2.75, 3.05) is 17.7 Å². The quantitative estimate of drug-likeness (QED) is 0.767. The maximum absolute atomic E-state index is 12.6. The van der Waals surface area contributed by atoms with E-state index in [9.17, 15) is 13.2 Å². The number of nitrogen functional groups attached to an aromatic ring is 1. The van der Waals surface area contributed by atoms with Gasteiger partial charge in [-0.2, -0.15) is 18.2 Å². The monoisotopic (exact) mass is 278 g/mol. The first-order valence-corrected chi connectivity index (χ1v) is 5.81. The summed E-state index contributed by atoms with van der Waals surface area (Å²) in [7, 11) is 0. The molecule has 0 saturated carbocycles. The van der Waals surface area contributed by atoms with E-state index < -0.39 is 23.4 Å². The molecule has 1 atom stereocenters. The average Bonchev–Trinajstić information content (AvgIpc) is 2.27. The molecular weight excluding hydrogens is 261 g/mol. The van der Waals surface area contributed by atoms with Crippen molar-refractivity contribution in [3.8, 4) is 0 Å². The SMILES string of the molecule is CCC(C)(CCO)Nc1cc(C(F)(F)F)nc(N)n1. The summed E-state index contributed by atoms with van der Waals surface area (Å²) < 4.78 is 37.8. The van der Waals surface area contributed by atoms with E-state index in [4.69, 9.17) is 10.8 Å². The molecule has 0 aromatic carbocycles. The number of hydrogen-bond acceptors (Lipinski definition) is 5. The Bertz CT molecular complexity index is 438. The van der Waals surface area contributed by atoms with Crippen molar-refractivity contribution in [3.63, 3.8) is 0 Å². The Morgan fingerprint density at radius 1 is 1.37 bits per heavy atom. The van der Waals surface area contributed by atoms with Gasteiger partial charge in [0.2, 0.25) is 5.95 Å². The molecule has 0 radical (unpaired) electrons. The molecule has 0 aliphatic rings. The van der Waals surface area contributed by atoms with Crippen LogP contribution in [0.5, 0.6) is 0 Å². The van der Waals surface area contributed by atoms with Gasteiger partial charge in [-0.1, -0.05) is 6.92 Å². The molecule has 0 saturated heterocycles. The van der Waals surface area contributed by atoms with Crippen molar-refractivity contribution in [3.05, 3.63) is 11.8 Å². The van der Waals surface area contributed by atoms with Crippen LogP contribution in [0.3, 0.4) is 0 Å². The van der Waals surface area contributed by atoms with Crippen molar-refractivity contribution in [2.24, 2.45) is 0 Å². The molecule has 0 spiro atoms. The number of nitrogens with zero attached hydrogens (tertiary/aromatic N) is 2. The molecule has 0 aliphatic carbocycles. The highest BCUT2D eigenvalue weighted by Crippen LogP contribution is 2.30. The number of halogens is 3. The van der Waals surface area contributed by atoms with Gasteiger partial charge in [0.05, 0.1) is 0 Å². The number of aliphatic hydroxyl groups is 1. The van der Waals surface area contributed by atoms with Crippen LogP contribution in [-0.4, -0.2) is 27.2 Å². The second-order valence-corrected chi connectivity index (χ2v) is 4.51. The highest BCUT2D eigenvalue weighted by molar-refractivity contribution is 5.43. The summed E-state index contributed by atoms with van der Waals surface area (Å²) in [4.78, 5) is 6.90. The van der Waals surface area contributed by atoms with Crippen LogP contribution in [0.4, 0.5) is 24.9 Å². The minimum Gasteiger partial charge on any atom is -0.396 e. The van der Waals surface area contributed by atoms with Gasteiger partial charge < -0.3 is 16.2 Å². The van der Waals surface area contributed by atoms with Crippen LogP contribution >= 0.6 is 0 Å². The van der Waals surface area contributed by atoms with Crippen molar-refractivity contribution < 1.29 is 18.3 Å². The third-order valence-corrected chi connectivity index (χ3v) is 2.91. The highest BCUT2D eigenvalue weighted by atomic mass is 19.4. The Morgan fingerprint density at radius 2 is 2.00 bits per heavy atom. The Morgan fingerprint density at radius 3 is 2.47 bits per heavy atom. The molecule has 0 bridgehead atoms. The zero-order chi connectivity index (χ0) is 14.7. The van der Waals surface area contributed by atoms with E-state index in [1.165, 1.54) is 0 Å². The molecule has 1 rings (SSSR count). The van der Waals surface area contributed by atoms with Crippen LogP contribution < -0.4 is 11.1 Å². The number of alkyl halides is 3. The van der Waals surface area contributed by atoms with Crippen molar-refractivity contribution in [1.29, 1.82) is 0 Å². The van der Waals surface area contributed by atoms with Crippen LogP contribution in [-0.2, 0) is 6.18 Å². The first-order valence-electron chi connectivity index (χ1n) is 5.81. The normalized spacial score (nSPS) is 15.1. The summed E-state index contributed by atoms with van der Waals surface area (Å²) in [6, 6.07) is 0.807. The van der Waals surface area contributed by atoms with E-state index in [-0.39, 0.29) is 12.4 Å². The third kappa shape index (κ3) is 4.23. The molecule has 4 N–H and O–H groups in total. The van der Waals surface area contributed by atoms with Gasteiger partial charge in [-0.25, -0.2) is 4.98 Å². The fourth-order valence-electron chi connectivity index (χ4n) is 1.56. The maximum Gasteiger partial charge on any atom is 0.433 e. The molecule has 1 unspecified atom stereocenters. The summed E-state index contributed by atoms with van der Waals surface area (Å²) in [6.45, 7) is 3.57. The molecule has 0 aliphatic heterocycles. The van der Waals surface area contributed by atoms with Gasteiger partial charge in [-0.3, -0.25) is 0 Å². The number of hydrogen-bond donors (Lipinski definition) is 3. The Labute approximate surface area is 109 Å². The van der Waals surface area contributed by atoms with Crippen molar-refractivity contribution >= 4 is 11.8 Å². The van der Waals surface area contributed by atoms with Gasteiger partial charge in [0, 0.05) is 18.2 Å². The second kappa shape index (κ2) is 5.60. The summed E-state index contributed by atoms with van der Waals surface area (Å²) in [6.07, 6.45) is -3.58. The number of anilines is 2. The fraction of sp³-hybridized carbons (Fsp3) is 0.636. The average molecular weight is 278 g/mol. The van der Waals surface area contributed by atoms with Crippen LogP contribution in [0.2, 0.25) is 0 Å². The Balaban J connectivity index is 3.04. The zero-order valence-corrected chi connectivity index (χ0v) is 10.8. The first-order chi connectivity index (χ1) is 8.70. The van der Waals surface area contributed by atoms with Crippen molar-refractivity contribution in [2.45, 2.75) is 38.4 Å². The smallest absolute Gasteiger partial charge is 0.396 e. The van der Waals surface area contributed by atoms with Crippen molar-refractivity contribution in [1.82, 2.24) is 9.97 Å². The molecule has 1 heterocycles. The van der Waals surface area contributed by atoms with Crippen LogP contribution in [0.25, 0.3) is 0 Å². The predicted molar refractivity (Wildman–Crippen MR) is 65.5 cm³/mol. The standard InChI is InChI=1S/C11H17F3N4O/c1-3-10(2,4-5-19)18-8-6-7(11(12,13)14)16-9(15)17-8/h6,19H,3-5H2,1-2H3,(H3,15,16,17,18). The van der Waals surface area contributed by atoms with Crippen LogP contribution in [0, 0.1) is 0 Å². The van der Waals surface area contributed by atoms with Gasteiger partial charge in [-0.15, -0.1) is 0 Å². The lowest BCUT2D eigenvalue weighted by molar-refractivity contribution is -0.141. The van der Waals surface area contributed by atoms with E-state index in [0.717, 1.165) is 6.07 Å². The van der Waals surface area contributed by atoms with Crippen LogP contribution in [0.15, 0.2) is 6.07 Å². The van der Waals surface area contributed by atoms with Gasteiger partial charge in [0.25, 0.3) is 0 Å². The Kier molecular flexibility index (Phi) is 4.56. The lowest BCUT2D eigenvalue weighted by Gasteiger charge is -2.29. The van der Waals surface area contributed by atoms with E-state index in [0.29, 0.717) is 12.8 Å². The first kappa shape index (κ1) is 15.5. The molecule has 8 heteroatoms. The summed E-state index contributed by atoms with van der Waals surface area (Å²) >= 11 is 0. The fourth-order valence-corrected chi connectivity index (χ4v) is 1.56. The molecule has 1 aromatic rings. The molecule has 1 aromatic heterocycles. The van der Waals surface area contributed by atoms with E-state index in [1.54, 1.807) is 6.92 Å². The predicted octanol–water partition coefficient (Wildman–Crippen LogP) is 2.04. The molecule has 0 amide bonds. The number of nitrogens with two attached hydrogens (primary N) is 1. The second-order valence-electron chi connectivity index (χ2n) is 4.51. The van der Waals surface area contributed by atoms with E-state index in [2.05, 4.69) is 15.3 Å². The molecule has 5 nitrogen and oxygen atoms in total. The molecular formula is C11H17F3N4O. The molecule has 19 heavy (non-hydrogen) atoms. The van der Waals surface area contributed by atoms with Gasteiger partial charge in [0.1, 0.15) is 5.82 Å². The van der Waals surface area contributed by atoms with Crippen LogP contribution in [0.1, 0.15) is 32.4 Å². The van der Waals surface area contributed by atoms with E-state index in [1.807, 2.05) is 6.92 Å². The lowest BCUT2D eigenvalue weighted by atomic mass is 9.95. The zero-order valence-electron chi connectivity index (χ0n) is 10.8. The molecule has 108 valence electrons. The summed E-state index contributed by atoms with van der Waals surface area (Å²) in [5, 5.41) is 11.8. The highest BCUT2D eigenvalue weighted by Gasteiger charge is 2.34. The largest absolute Gasteiger partial charge is 0.433 e. The Hall–Kier alpha value is -1.57. The summed E-state index contributed by atoms with van der Waals surface area (Å²) in [5.74, 6) is -0.447. The van der Waals surface area contributed by atoms with E-state index >= 15 is 0 Å². The minimum absolute atomic E-state index is 0.00220. The minimum atomic E-state index is -4.58. The van der Waals surface area contributed by atoms with Gasteiger partial charge >= 0.3 is 6.18 Å². The number of nitrogens with one attached hydrogen (secondary N) is 1. The number of aliphatic hydroxyl groups excluding tert-OH is 1. The molecule has 0 fully saturated rings. The summed E-state index contributed by atoms with van der Waals surface area (Å²) in [5.41, 5.74) is 3.63. The maximum atomic E-state index is 12.6. The third-order valence-electron chi connectivity index (χ3n) is 2.91. The number of aromatic nitrogens is 2. The van der Waals surface area contributed by atoms with Gasteiger partial charge in [0.15, 0.2) is 5.69 Å². The number of rotatable bonds is 5. The lowest BCUT2D eigenvalue weighted by Crippen LogP contribution is -2.35. The van der Waals surface area contributed by atoms with Gasteiger partial charge in [-0.05, 0) is 19.8 Å².